The number of esters is 1. The first-order chi connectivity index (χ1) is 8.99. The van der Waals surface area contributed by atoms with E-state index >= 15 is 0 Å². The number of nitrogens with two attached hydrogens (primary N) is 1. The van der Waals surface area contributed by atoms with Gasteiger partial charge in [-0.25, -0.2) is 4.79 Å². The molecule has 0 aliphatic rings. The Balaban J connectivity index is 3.22. The van der Waals surface area contributed by atoms with Crippen LogP contribution in [0.25, 0.3) is 0 Å². The summed E-state index contributed by atoms with van der Waals surface area (Å²) < 4.78 is 4.69. The number of rotatable bonds is 5. The lowest BCUT2D eigenvalue weighted by Gasteiger charge is -2.08. The van der Waals surface area contributed by atoms with Crippen LogP contribution < -0.4 is 5.73 Å². The molecule has 1 aromatic rings. The molecule has 0 aliphatic heterocycles. The minimum Gasteiger partial charge on any atom is -0.461 e. The molecule has 0 fully saturated rings. The van der Waals surface area contributed by atoms with Crippen LogP contribution in [0.15, 0.2) is 41.6 Å². The average Bonchev–Trinajstić information content (AvgIpc) is 2.39. The molecule has 19 heavy (non-hydrogen) atoms. The van der Waals surface area contributed by atoms with E-state index in [4.69, 9.17) is 10.5 Å². The van der Waals surface area contributed by atoms with E-state index in [0.717, 1.165) is 0 Å². The summed E-state index contributed by atoms with van der Waals surface area (Å²) in [5, 5.41) is 0. The molecular weight excluding hydrogens is 246 g/mol. The van der Waals surface area contributed by atoms with Gasteiger partial charge in [0, 0.05) is 5.56 Å². The molecule has 5 heteroatoms. The first-order valence-electron chi connectivity index (χ1n) is 5.76. The van der Waals surface area contributed by atoms with Gasteiger partial charge < -0.3 is 10.5 Å². The summed E-state index contributed by atoms with van der Waals surface area (Å²) in [5.41, 5.74) is 5.04. The SMILES string of the molecule is CCOC(=O)C(N)=C(C(C)=O)C(=O)c1ccccc1. The normalized spacial score (nSPS) is 11.5. The Kier molecular flexibility index (Phi) is 5.00. The molecule has 100 valence electrons. The molecule has 5 nitrogen and oxygen atoms in total. The number of carbonyl (C=O) groups excluding carboxylic acids is 3. The number of ether oxygens (including phenoxy) is 1. The van der Waals surface area contributed by atoms with Gasteiger partial charge in [-0.05, 0) is 13.8 Å². The quantitative estimate of drug-likeness (QED) is 0.283. The van der Waals surface area contributed by atoms with Gasteiger partial charge in [0.25, 0.3) is 0 Å². The van der Waals surface area contributed by atoms with Crippen molar-refractivity contribution in [2.75, 3.05) is 6.61 Å². The van der Waals surface area contributed by atoms with Crippen molar-refractivity contribution in [3.05, 3.63) is 47.2 Å². The minimum atomic E-state index is -0.864. The summed E-state index contributed by atoms with van der Waals surface area (Å²) >= 11 is 0. The summed E-state index contributed by atoms with van der Waals surface area (Å²) in [5.74, 6) is -2.02. The third kappa shape index (κ3) is 3.51. The Labute approximate surface area is 111 Å². The molecule has 0 atom stereocenters. The van der Waals surface area contributed by atoms with Crippen LogP contribution in [0.2, 0.25) is 0 Å². The topological polar surface area (TPSA) is 86.5 Å². The highest BCUT2D eigenvalue weighted by Gasteiger charge is 2.24. The van der Waals surface area contributed by atoms with Gasteiger partial charge in [-0.1, -0.05) is 30.3 Å². The molecule has 1 aromatic carbocycles. The third-order valence-electron chi connectivity index (χ3n) is 2.38. The van der Waals surface area contributed by atoms with E-state index < -0.39 is 23.2 Å². The van der Waals surface area contributed by atoms with Gasteiger partial charge in [-0.15, -0.1) is 0 Å². The molecule has 0 bridgehead atoms. The Morgan fingerprint density at radius 3 is 2.21 bits per heavy atom. The molecule has 0 spiro atoms. The lowest BCUT2D eigenvalue weighted by Crippen LogP contribution is -2.24. The lowest BCUT2D eigenvalue weighted by atomic mass is 9.99. The predicted molar refractivity (Wildman–Crippen MR) is 69.3 cm³/mol. The molecule has 2 N–H and O–H groups in total. The maximum atomic E-state index is 12.2. The van der Waals surface area contributed by atoms with Crippen molar-refractivity contribution in [3.63, 3.8) is 0 Å². The first kappa shape index (κ1) is 14.6. The maximum Gasteiger partial charge on any atom is 0.355 e. The second kappa shape index (κ2) is 6.49. The Hall–Kier alpha value is -2.43. The van der Waals surface area contributed by atoms with E-state index in [-0.39, 0.29) is 12.2 Å². The molecule has 0 amide bonds. The maximum absolute atomic E-state index is 12.2. The largest absolute Gasteiger partial charge is 0.461 e. The summed E-state index contributed by atoms with van der Waals surface area (Å²) in [7, 11) is 0. The van der Waals surface area contributed by atoms with Gasteiger partial charge in [0.1, 0.15) is 5.70 Å². The second-order valence-corrected chi connectivity index (χ2v) is 3.76. The van der Waals surface area contributed by atoms with Crippen molar-refractivity contribution in [2.24, 2.45) is 5.73 Å². The standard InChI is InChI=1S/C14H15NO4/c1-3-19-14(18)12(15)11(9(2)16)13(17)10-7-5-4-6-8-10/h4-8H,3,15H2,1-2H3. The molecule has 0 unspecified atom stereocenters. The van der Waals surface area contributed by atoms with Crippen molar-refractivity contribution in [2.45, 2.75) is 13.8 Å². The fraction of sp³-hybridized carbons (Fsp3) is 0.214. The van der Waals surface area contributed by atoms with Gasteiger partial charge in [0.05, 0.1) is 12.2 Å². The van der Waals surface area contributed by atoms with Crippen LogP contribution in [-0.2, 0) is 14.3 Å². The number of hydrogen-bond acceptors (Lipinski definition) is 5. The van der Waals surface area contributed by atoms with Gasteiger partial charge in [0.15, 0.2) is 11.6 Å². The predicted octanol–water partition coefficient (Wildman–Crippen LogP) is 1.23. The molecule has 0 radical (unpaired) electrons. The first-order valence-corrected chi connectivity index (χ1v) is 5.76. The van der Waals surface area contributed by atoms with Crippen LogP contribution in [0, 0.1) is 0 Å². The van der Waals surface area contributed by atoms with Crippen molar-refractivity contribution >= 4 is 17.5 Å². The lowest BCUT2D eigenvalue weighted by molar-refractivity contribution is -0.138. The van der Waals surface area contributed by atoms with E-state index in [0.29, 0.717) is 5.56 Å². The number of hydrogen-bond donors (Lipinski definition) is 1. The summed E-state index contributed by atoms with van der Waals surface area (Å²) in [6.45, 7) is 2.91. The molecule has 1 rings (SSSR count). The van der Waals surface area contributed by atoms with Gasteiger partial charge >= 0.3 is 5.97 Å². The molecule has 0 aromatic heterocycles. The van der Waals surface area contributed by atoms with E-state index in [1.165, 1.54) is 6.92 Å². The average molecular weight is 261 g/mol. The van der Waals surface area contributed by atoms with Gasteiger partial charge in [-0.3, -0.25) is 9.59 Å². The Bertz CT molecular complexity index is 532. The second-order valence-electron chi connectivity index (χ2n) is 3.76. The van der Waals surface area contributed by atoms with E-state index in [1.807, 2.05) is 0 Å². The van der Waals surface area contributed by atoms with Crippen LogP contribution in [-0.4, -0.2) is 24.1 Å². The number of carbonyl (C=O) groups is 3. The number of Topliss-reactive ketones (excluding diaryl/α,β-unsaturated/α-hetero) is 2. The van der Waals surface area contributed by atoms with Crippen molar-refractivity contribution in [3.8, 4) is 0 Å². The van der Waals surface area contributed by atoms with Crippen LogP contribution >= 0.6 is 0 Å². The zero-order valence-electron chi connectivity index (χ0n) is 10.8. The fourth-order valence-electron chi connectivity index (χ4n) is 1.52. The van der Waals surface area contributed by atoms with Crippen molar-refractivity contribution in [1.82, 2.24) is 0 Å². The van der Waals surface area contributed by atoms with Crippen molar-refractivity contribution < 1.29 is 19.1 Å². The zero-order valence-corrected chi connectivity index (χ0v) is 10.8. The highest BCUT2D eigenvalue weighted by atomic mass is 16.5. The molecule has 0 saturated carbocycles. The third-order valence-corrected chi connectivity index (χ3v) is 2.38. The molecular formula is C14H15NO4. The van der Waals surface area contributed by atoms with E-state index in [1.54, 1.807) is 37.3 Å². The zero-order chi connectivity index (χ0) is 14.4. The summed E-state index contributed by atoms with van der Waals surface area (Å²) in [6, 6.07) is 8.15. The highest BCUT2D eigenvalue weighted by Crippen LogP contribution is 2.12. The Morgan fingerprint density at radius 1 is 1.16 bits per heavy atom. The minimum absolute atomic E-state index is 0.115. The summed E-state index contributed by atoms with van der Waals surface area (Å²) in [6.07, 6.45) is 0. The van der Waals surface area contributed by atoms with Crippen LogP contribution in [0.4, 0.5) is 0 Å². The van der Waals surface area contributed by atoms with Crippen LogP contribution in [0.3, 0.4) is 0 Å². The van der Waals surface area contributed by atoms with Crippen molar-refractivity contribution in [1.29, 1.82) is 0 Å². The summed E-state index contributed by atoms with van der Waals surface area (Å²) in [4.78, 5) is 35.2. The molecule has 0 saturated heterocycles. The fourth-order valence-corrected chi connectivity index (χ4v) is 1.52. The highest BCUT2D eigenvalue weighted by molar-refractivity contribution is 6.28. The molecule has 0 aliphatic carbocycles. The smallest absolute Gasteiger partial charge is 0.355 e. The molecule has 0 heterocycles. The number of benzene rings is 1. The van der Waals surface area contributed by atoms with E-state index in [2.05, 4.69) is 0 Å². The monoisotopic (exact) mass is 261 g/mol. The van der Waals surface area contributed by atoms with Gasteiger partial charge in [0.2, 0.25) is 0 Å². The van der Waals surface area contributed by atoms with Crippen LogP contribution in [0.5, 0.6) is 0 Å². The Morgan fingerprint density at radius 2 is 1.74 bits per heavy atom. The number of allylic oxidation sites excluding steroid dienone is 1. The number of ketones is 2. The van der Waals surface area contributed by atoms with Gasteiger partial charge in [-0.2, -0.15) is 0 Å². The van der Waals surface area contributed by atoms with Crippen LogP contribution in [0.1, 0.15) is 24.2 Å². The van der Waals surface area contributed by atoms with E-state index in [9.17, 15) is 14.4 Å².